The van der Waals surface area contributed by atoms with Gasteiger partial charge in [0.2, 0.25) is 5.91 Å². The number of amides is 1. The van der Waals surface area contributed by atoms with Crippen LogP contribution >= 0.6 is 11.6 Å². The van der Waals surface area contributed by atoms with E-state index in [0.29, 0.717) is 17.7 Å². The lowest BCUT2D eigenvalue weighted by molar-refractivity contribution is -0.694. The molecule has 1 fully saturated rings. The van der Waals surface area contributed by atoms with E-state index in [1.54, 1.807) is 12.3 Å². The quantitative estimate of drug-likeness (QED) is 0.775. The number of quaternary nitrogens is 1. The molecule has 2 aliphatic rings. The fourth-order valence-electron chi connectivity index (χ4n) is 3.04. The molecule has 6 heteroatoms. The highest BCUT2D eigenvalue weighted by Crippen LogP contribution is 2.29. The van der Waals surface area contributed by atoms with Crippen molar-refractivity contribution in [2.45, 2.75) is 19.4 Å². The van der Waals surface area contributed by atoms with E-state index in [1.165, 1.54) is 0 Å². The third kappa shape index (κ3) is 2.80. The summed E-state index contributed by atoms with van der Waals surface area (Å²) in [6.07, 6.45) is 2.65. The van der Waals surface area contributed by atoms with Gasteiger partial charge in [0.15, 0.2) is 0 Å². The summed E-state index contributed by atoms with van der Waals surface area (Å²) in [6.45, 7) is 6.47. The van der Waals surface area contributed by atoms with Crippen LogP contribution in [0, 0.1) is 0 Å². The van der Waals surface area contributed by atoms with E-state index in [2.05, 4.69) is 22.1 Å². The summed E-state index contributed by atoms with van der Waals surface area (Å²) in [5.74, 6) is 0.167. The van der Waals surface area contributed by atoms with E-state index in [4.69, 9.17) is 11.6 Å². The van der Waals surface area contributed by atoms with Crippen LogP contribution in [0.3, 0.4) is 0 Å². The first-order valence-corrected chi connectivity index (χ1v) is 7.52. The van der Waals surface area contributed by atoms with Crippen molar-refractivity contribution in [3.05, 3.63) is 23.0 Å². The molecular formula is C14H20ClN4O+. The molecule has 0 bridgehead atoms. The van der Waals surface area contributed by atoms with Crippen LogP contribution in [0.1, 0.15) is 12.5 Å². The fourth-order valence-corrected chi connectivity index (χ4v) is 3.19. The number of nitrogens with zero attached hydrogens (tertiary/aromatic N) is 3. The van der Waals surface area contributed by atoms with Gasteiger partial charge in [-0.1, -0.05) is 11.6 Å². The van der Waals surface area contributed by atoms with Crippen LogP contribution in [-0.2, 0) is 11.2 Å². The molecule has 1 saturated heterocycles. The van der Waals surface area contributed by atoms with Crippen LogP contribution < -0.4 is 10.2 Å². The van der Waals surface area contributed by atoms with Crippen LogP contribution in [0.5, 0.6) is 0 Å². The molecule has 108 valence electrons. The highest BCUT2D eigenvalue weighted by atomic mass is 35.5. The highest BCUT2D eigenvalue weighted by molar-refractivity contribution is 6.29. The molecule has 1 atom stereocenters. The molecule has 20 heavy (non-hydrogen) atoms. The molecule has 0 spiro atoms. The van der Waals surface area contributed by atoms with Crippen LogP contribution in [0.25, 0.3) is 0 Å². The minimum absolute atomic E-state index is 0.167. The van der Waals surface area contributed by atoms with Gasteiger partial charge in [0, 0.05) is 19.3 Å². The topological polar surface area (TPSA) is 53.1 Å². The van der Waals surface area contributed by atoms with Gasteiger partial charge < -0.3 is 10.2 Å². The van der Waals surface area contributed by atoms with Crippen molar-refractivity contribution in [2.75, 3.05) is 37.6 Å². The number of hydrogen-bond donors (Lipinski definition) is 1. The van der Waals surface area contributed by atoms with Crippen molar-refractivity contribution in [2.24, 2.45) is 0 Å². The number of pyridine rings is 1. The Kier molecular flexibility index (Phi) is 3.92. The van der Waals surface area contributed by atoms with Gasteiger partial charge in [-0.3, -0.25) is 9.69 Å². The lowest BCUT2D eigenvalue weighted by atomic mass is 10.2. The number of hydrogen-bond acceptors (Lipinski definition) is 3. The Morgan fingerprint density at radius 1 is 1.55 bits per heavy atom. The molecule has 0 unspecified atom stereocenters. The minimum atomic E-state index is 0.167. The van der Waals surface area contributed by atoms with Crippen molar-refractivity contribution in [1.82, 2.24) is 9.88 Å². The Labute approximate surface area is 123 Å². The Bertz CT molecular complexity index is 522. The SMILES string of the molecule is C[C@@H]1CN(CC(=O)N2CCc3cnc(Cl)cc32)CC[NH2+]1. The van der Waals surface area contributed by atoms with Crippen molar-refractivity contribution >= 4 is 23.2 Å². The Hall–Kier alpha value is -1.17. The van der Waals surface area contributed by atoms with Gasteiger partial charge in [0.25, 0.3) is 0 Å². The number of piperazine rings is 1. The predicted octanol–water partition coefficient (Wildman–Crippen LogP) is -0.108. The molecule has 1 amide bonds. The smallest absolute Gasteiger partial charge is 0.241 e. The van der Waals surface area contributed by atoms with Crippen LogP contribution in [-0.4, -0.2) is 54.6 Å². The molecule has 1 aromatic heterocycles. The molecule has 0 aromatic carbocycles. The van der Waals surface area contributed by atoms with E-state index in [9.17, 15) is 4.79 Å². The number of aromatic nitrogens is 1. The van der Waals surface area contributed by atoms with Crippen molar-refractivity contribution in [3.63, 3.8) is 0 Å². The van der Waals surface area contributed by atoms with Gasteiger partial charge in [0.05, 0.1) is 31.4 Å². The van der Waals surface area contributed by atoms with Gasteiger partial charge in [-0.25, -0.2) is 4.98 Å². The first kappa shape index (κ1) is 13.8. The van der Waals surface area contributed by atoms with E-state index < -0.39 is 0 Å². The number of fused-ring (bicyclic) bond motifs is 1. The average molecular weight is 296 g/mol. The highest BCUT2D eigenvalue weighted by Gasteiger charge is 2.28. The van der Waals surface area contributed by atoms with Crippen molar-refractivity contribution < 1.29 is 10.1 Å². The zero-order chi connectivity index (χ0) is 14.1. The first-order valence-electron chi connectivity index (χ1n) is 7.14. The van der Waals surface area contributed by atoms with Crippen LogP contribution in [0.4, 0.5) is 5.69 Å². The predicted molar refractivity (Wildman–Crippen MR) is 78.0 cm³/mol. The summed E-state index contributed by atoms with van der Waals surface area (Å²) in [5, 5.41) is 2.78. The monoisotopic (exact) mass is 295 g/mol. The number of rotatable bonds is 2. The van der Waals surface area contributed by atoms with E-state index in [0.717, 1.165) is 43.9 Å². The number of carbonyl (C=O) groups excluding carboxylic acids is 1. The van der Waals surface area contributed by atoms with Gasteiger partial charge in [-0.2, -0.15) is 0 Å². The largest absolute Gasteiger partial charge is 0.342 e. The maximum absolute atomic E-state index is 12.5. The van der Waals surface area contributed by atoms with Gasteiger partial charge in [0.1, 0.15) is 5.15 Å². The van der Waals surface area contributed by atoms with Gasteiger partial charge >= 0.3 is 0 Å². The summed E-state index contributed by atoms with van der Waals surface area (Å²) < 4.78 is 0. The Morgan fingerprint density at radius 3 is 3.20 bits per heavy atom. The van der Waals surface area contributed by atoms with E-state index in [1.807, 2.05) is 4.90 Å². The van der Waals surface area contributed by atoms with E-state index >= 15 is 0 Å². The molecule has 3 rings (SSSR count). The lowest BCUT2D eigenvalue weighted by Crippen LogP contribution is -2.94. The van der Waals surface area contributed by atoms with Gasteiger partial charge in [-0.15, -0.1) is 0 Å². The van der Waals surface area contributed by atoms with Crippen LogP contribution in [0.2, 0.25) is 5.15 Å². The summed E-state index contributed by atoms with van der Waals surface area (Å²) in [5.41, 5.74) is 2.05. The van der Waals surface area contributed by atoms with Crippen LogP contribution in [0.15, 0.2) is 12.3 Å². The molecule has 2 aliphatic heterocycles. The summed E-state index contributed by atoms with van der Waals surface area (Å²) in [4.78, 5) is 20.7. The minimum Gasteiger partial charge on any atom is -0.342 e. The number of carbonyl (C=O) groups is 1. The standard InChI is InChI=1S/C14H19ClN4O/c1-10-8-18(5-3-16-10)9-14(20)19-4-2-11-7-17-13(15)6-12(11)19/h6-7,10,16H,2-5,8-9H2,1H3/p+1/t10-/m1/s1. The second-order valence-electron chi connectivity index (χ2n) is 5.67. The molecule has 0 radical (unpaired) electrons. The maximum Gasteiger partial charge on any atom is 0.241 e. The second kappa shape index (κ2) is 5.68. The lowest BCUT2D eigenvalue weighted by Gasteiger charge is -2.30. The van der Waals surface area contributed by atoms with E-state index in [-0.39, 0.29) is 5.91 Å². The summed E-state index contributed by atoms with van der Waals surface area (Å²) in [7, 11) is 0. The third-order valence-electron chi connectivity index (χ3n) is 4.04. The average Bonchev–Trinajstić information content (AvgIpc) is 2.81. The second-order valence-corrected chi connectivity index (χ2v) is 6.06. The first-order chi connectivity index (χ1) is 9.63. The molecular weight excluding hydrogens is 276 g/mol. The zero-order valence-electron chi connectivity index (χ0n) is 11.7. The fraction of sp³-hybridized carbons (Fsp3) is 0.571. The molecule has 0 aliphatic carbocycles. The molecule has 5 nitrogen and oxygen atoms in total. The molecule has 3 heterocycles. The summed E-state index contributed by atoms with van der Waals surface area (Å²) in [6, 6.07) is 2.37. The third-order valence-corrected chi connectivity index (χ3v) is 4.25. The number of halogens is 1. The van der Waals surface area contributed by atoms with Gasteiger partial charge in [-0.05, 0) is 25.0 Å². The number of anilines is 1. The molecule has 0 saturated carbocycles. The Balaban J connectivity index is 1.69. The van der Waals surface area contributed by atoms with Crippen molar-refractivity contribution in [1.29, 1.82) is 0 Å². The molecule has 2 N–H and O–H groups in total. The normalized spacial score (nSPS) is 22.9. The maximum atomic E-state index is 12.5. The number of nitrogens with two attached hydrogens (primary N) is 1. The zero-order valence-corrected chi connectivity index (χ0v) is 12.4. The van der Waals surface area contributed by atoms with Crippen molar-refractivity contribution in [3.8, 4) is 0 Å². The Morgan fingerprint density at radius 2 is 2.40 bits per heavy atom. The molecule has 1 aromatic rings. The summed E-state index contributed by atoms with van der Waals surface area (Å²) >= 11 is 5.94.